The summed E-state index contributed by atoms with van der Waals surface area (Å²) in [5, 5.41) is 76.3. The topological polar surface area (TPSA) is 501 Å². The maximum Gasteiger partial charge on any atom is 0.289 e. The van der Waals surface area contributed by atoms with Crippen LogP contribution in [-0.2, 0) is 19.2 Å². The largest absolute Gasteiger partial charge is 0.503 e. The molecule has 0 spiro atoms. The number of hydrazone groups is 3. The molecule has 7 amide bonds. The minimum atomic E-state index is -0.892. The van der Waals surface area contributed by atoms with E-state index in [9.17, 15) is 54.3 Å². The van der Waals surface area contributed by atoms with E-state index in [2.05, 4.69) is 125 Å². The summed E-state index contributed by atoms with van der Waals surface area (Å²) in [6, 6.07) is 79.9. The number of halogens is 5. The van der Waals surface area contributed by atoms with Gasteiger partial charge in [-0.1, -0.05) is 143 Å². The summed E-state index contributed by atoms with van der Waals surface area (Å²) in [6.07, 6.45) is 7.20. The first-order valence-corrected chi connectivity index (χ1v) is 47.2. The van der Waals surface area contributed by atoms with Crippen molar-refractivity contribution in [1.82, 2.24) is 51.4 Å². The Morgan fingerprint density at radius 3 is 1.89 bits per heavy atom. The number of hydrogen-bond donors (Lipinski definition) is 9. The number of phenols is 2. The number of ether oxygens (including phenoxy) is 3. The third-order valence-corrected chi connectivity index (χ3v) is 23.2. The molecule has 37 nitrogen and oxygen atoms in total. The van der Waals surface area contributed by atoms with Gasteiger partial charge < -0.3 is 59.5 Å². The van der Waals surface area contributed by atoms with E-state index >= 15 is 0 Å². The van der Waals surface area contributed by atoms with Crippen molar-refractivity contribution in [2.45, 2.75) is 53.2 Å². The highest BCUT2D eigenvalue weighted by atomic mass is 79.9. The fourth-order valence-electron chi connectivity index (χ4n) is 13.7. The minimum absolute atomic E-state index is 0.0512. The van der Waals surface area contributed by atoms with E-state index in [1.54, 1.807) is 155 Å². The number of anilines is 6. The lowest BCUT2D eigenvalue weighted by atomic mass is 9.90. The summed E-state index contributed by atoms with van der Waals surface area (Å²) in [7, 11) is 5.45. The van der Waals surface area contributed by atoms with Gasteiger partial charge >= 0.3 is 0 Å². The number of aliphatic imine (C=N–C) groups is 1. The molecule has 17 rings (SSSR count). The molecule has 3 atom stereocenters. The van der Waals surface area contributed by atoms with Crippen LogP contribution in [0.5, 0.6) is 28.9 Å². The highest BCUT2D eigenvalue weighted by Gasteiger charge is 2.60. The highest BCUT2D eigenvalue weighted by molar-refractivity contribution is 9.11. The van der Waals surface area contributed by atoms with Crippen LogP contribution >= 0.6 is 71.0 Å². The number of nitrogens with one attached hydrogen (secondary N) is 6. The maximum atomic E-state index is 13.6. The predicted octanol–water partition coefficient (Wildman–Crippen LogP) is 19.2. The number of aromatic nitrogens is 7. The van der Waals surface area contributed by atoms with Crippen LogP contribution in [-0.4, -0.2) is 152 Å². The predicted molar refractivity (Wildman–Crippen MR) is 564 cm³/mol. The summed E-state index contributed by atoms with van der Waals surface area (Å²) in [5.74, 6) is 0.0574. The molecule has 0 radical (unpaired) electrons. The molecule has 5 aromatic heterocycles. The average Bonchev–Trinajstić information content (AvgIpc) is 1.57. The third kappa shape index (κ3) is 29.5. The zero-order chi connectivity index (χ0) is 104. The zero-order valence-electron chi connectivity index (χ0n) is 78.9. The van der Waals surface area contributed by atoms with Gasteiger partial charge in [0.1, 0.15) is 46.5 Å². The Morgan fingerprint density at radius 2 is 1.26 bits per heavy atom. The molecular formula is C104H91Br3Cl2N22O15. The van der Waals surface area contributed by atoms with Crippen LogP contribution in [0.15, 0.2) is 310 Å². The second-order valence-electron chi connectivity index (χ2n) is 31.4. The second-order valence-corrected chi connectivity index (χ2v) is 34.8. The number of hydrogen-bond acceptors (Lipinski definition) is 29. The number of aromatic amines is 1. The lowest BCUT2D eigenvalue weighted by molar-refractivity contribution is -0.126. The van der Waals surface area contributed by atoms with Gasteiger partial charge in [0.25, 0.3) is 47.3 Å². The average molecular weight is 2200 g/mol. The number of nitrogens with two attached hydrogens (primary N) is 1. The molecule has 146 heavy (non-hydrogen) atoms. The molecule has 2 aliphatic heterocycles. The van der Waals surface area contributed by atoms with Gasteiger partial charge in [0, 0.05) is 74.8 Å². The maximum absolute atomic E-state index is 13.6. The number of nitrogens with zero attached hydrogens (tertiary/aromatic N) is 15. The number of nitriles is 2. The molecular weight excluding hydrogens is 2110 g/mol. The fourth-order valence-corrected chi connectivity index (χ4v) is 15.2. The van der Waals surface area contributed by atoms with Crippen LogP contribution in [0.2, 0.25) is 10.0 Å². The number of methoxy groups -OCH3 is 1. The van der Waals surface area contributed by atoms with Crippen molar-refractivity contribution in [3.05, 3.63) is 375 Å². The second kappa shape index (κ2) is 52.5. The summed E-state index contributed by atoms with van der Waals surface area (Å²) < 4.78 is 29.3. The molecule has 2 fully saturated rings. The number of aryl methyl sites for hydroxylation is 4. The van der Waals surface area contributed by atoms with Crippen LogP contribution in [0.4, 0.5) is 40.2 Å². The molecule has 10 aromatic carbocycles. The van der Waals surface area contributed by atoms with Gasteiger partial charge in [0.15, 0.2) is 41.5 Å². The van der Waals surface area contributed by atoms with Crippen molar-refractivity contribution in [3.63, 3.8) is 0 Å². The van der Waals surface area contributed by atoms with Crippen molar-refractivity contribution in [2.75, 3.05) is 65.6 Å². The van der Waals surface area contributed by atoms with E-state index in [4.69, 9.17) is 56.8 Å². The van der Waals surface area contributed by atoms with Crippen LogP contribution < -0.4 is 61.7 Å². The van der Waals surface area contributed by atoms with Crippen molar-refractivity contribution < 1.29 is 71.7 Å². The number of carbonyl (C=O) groups is 7. The van der Waals surface area contributed by atoms with Crippen molar-refractivity contribution in [1.29, 1.82) is 10.5 Å². The van der Waals surface area contributed by atoms with Gasteiger partial charge in [0.2, 0.25) is 11.8 Å². The van der Waals surface area contributed by atoms with Gasteiger partial charge in [-0.3, -0.25) is 38.4 Å². The van der Waals surface area contributed by atoms with Crippen molar-refractivity contribution in [3.8, 4) is 47.0 Å². The zero-order valence-corrected chi connectivity index (χ0v) is 85.2. The normalized spacial score (nSPS) is 13.2. The van der Waals surface area contributed by atoms with Crippen LogP contribution in [0.1, 0.15) is 123 Å². The van der Waals surface area contributed by atoms with Crippen molar-refractivity contribution >= 4 is 177 Å². The van der Waals surface area contributed by atoms with Gasteiger partial charge in [-0.15, -0.1) is 20.4 Å². The Kier molecular flexibility index (Phi) is 38.6. The Labute approximate surface area is 871 Å². The SMILES string of the molecule is CCCOc1[nH]c(N=Cc2ccccc2)c(C#N)c1C#N.CN(C)c1ccc(C2C3C(=O)N(c4ccccc4)C(=O)C3ON2c2ccc(Cl)cc2)cc1.COc1cc(Br)ccc1OCC(=O)N/N=C/c1cc(Br)c(O)c(O)c1Br.Cc1cc(C)n(-c2nnc(N)nn2)n1.Cc1cccc(C(=O)Nc2ccc(C(=O)N/N=C/c3ccc(C)o3)cc2)c1.O=C(N/N=C/c1ccco1)c1cccc(NC(=O)c2ccccc2Cl)c1. The van der Waals surface area contributed by atoms with E-state index < -0.39 is 29.9 Å². The van der Waals surface area contributed by atoms with E-state index in [-0.39, 0.29) is 73.7 Å². The van der Waals surface area contributed by atoms with Gasteiger partial charge in [0.05, 0.1) is 81.3 Å². The summed E-state index contributed by atoms with van der Waals surface area (Å²) in [4.78, 5) is 104. The number of furan rings is 2. The molecule has 742 valence electrons. The number of fused-ring (bicyclic) bond motifs is 1. The fraction of sp³-hybridized carbons (Fsp3) is 0.135. The van der Waals surface area contributed by atoms with E-state index in [1.807, 2.05) is 181 Å². The standard InChI is InChI=1S/C25H22ClN3O3.C21H19N3O3.C19H14ClN3O3.C16H13Br3N2O5.C16H14N4O.C7H9N7/c1-27(2)18-12-8-16(9-13-18)22-21-23(32-29(22)20-14-10-17(26)11-15-20)25(31)28(24(21)30)19-6-4-3-5-7-19;1-14-4-3-5-17(12-14)20(25)23-18-9-7-16(8-10-18)21(26)24-22-13-19-11-6-15(2)27-19;20-17-9-2-1-8-16(17)19(25)22-14-6-3-5-13(11-14)18(24)23-21-12-15-7-4-10-26-15;1-25-12-5-9(17)2-3-11(12)26-7-13(22)21-20-6-8-4-10(18)15(23)16(24)14(8)19;1-2-8-21-16-14(10-18)13(9-17)15(20-16)19-11-12-6-4-3-5-7-12;1-4-3-5(2)14(13-4)7-11-9-6(8)10-12-7/h3-15,21-23H,1-2H3;3-13H,1-2H3,(H,23,25)(H,24,26);1-12H,(H,22,25)(H,23,24);2-6,23-24H,7H2,1H3,(H,21,22);3-7,11,20H,2,8H2,1H3;3H,1-2H3,(H2,8,9,10)/b;22-13+;21-12+;20-6+;;. The molecule has 0 bridgehead atoms. The summed E-state index contributed by atoms with van der Waals surface area (Å²) in [6.45, 7) is 9.73. The van der Waals surface area contributed by atoms with Crippen LogP contribution in [0.25, 0.3) is 5.95 Å². The molecule has 10 N–H and O–H groups in total. The first kappa shape index (κ1) is 108. The summed E-state index contributed by atoms with van der Waals surface area (Å²) >= 11 is 21.7. The monoisotopic (exact) mass is 2190 g/mol. The highest BCUT2D eigenvalue weighted by Crippen LogP contribution is 2.49. The van der Waals surface area contributed by atoms with E-state index in [1.165, 1.54) is 43.0 Å². The lowest BCUT2D eigenvalue weighted by Gasteiger charge is -2.29. The number of hydroxylamine groups is 1. The van der Waals surface area contributed by atoms with E-state index in [0.717, 1.165) is 56.1 Å². The Balaban J connectivity index is 0.000000158. The number of imide groups is 1. The van der Waals surface area contributed by atoms with Gasteiger partial charge in [-0.05, 0) is 247 Å². The van der Waals surface area contributed by atoms with Gasteiger partial charge in [-0.2, -0.15) is 30.9 Å². The molecule has 2 aliphatic rings. The first-order valence-electron chi connectivity index (χ1n) is 44.0. The first-order chi connectivity index (χ1) is 70.4. The number of para-hydroxylation sites is 1. The minimum Gasteiger partial charge on any atom is -0.503 e. The summed E-state index contributed by atoms with van der Waals surface area (Å²) in [5.41, 5.74) is 23.0. The number of aromatic hydroxyl groups is 2. The quantitative estimate of drug-likeness (QED) is 0.0105. The Bertz CT molecular complexity index is 7330. The number of nitrogen functional groups attached to an aromatic ring is 1. The lowest BCUT2D eigenvalue weighted by Crippen LogP contribution is -2.37. The smallest absolute Gasteiger partial charge is 0.289 e. The van der Waals surface area contributed by atoms with Crippen LogP contribution in [0.3, 0.4) is 0 Å². The number of rotatable bonds is 26. The number of carbonyl (C=O) groups excluding carboxylic acids is 7. The Morgan fingerprint density at radius 1 is 0.610 bits per heavy atom. The molecule has 2 saturated heterocycles. The molecule has 7 heterocycles. The molecule has 15 aromatic rings. The molecule has 42 heteroatoms. The third-order valence-electron chi connectivity index (χ3n) is 20.7. The van der Waals surface area contributed by atoms with Crippen LogP contribution in [0, 0.1) is 56.3 Å². The number of H-pyrrole nitrogens is 1. The van der Waals surface area contributed by atoms with E-state index in [0.29, 0.717) is 102 Å². The van der Waals surface area contributed by atoms with Crippen molar-refractivity contribution in [2.24, 2.45) is 26.2 Å². The molecule has 3 unspecified atom stereocenters. The van der Waals surface area contributed by atoms with Gasteiger partial charge in [-0.25, -0.2) is 35.9 Å². The number of amides is 7. The number of phenolic OH excluding ortho intramolecular Hbond substituents is 2. The number of benzene rings is 10. The Hall–Kier alpha value is -17.3. The molecule has 0 saturated carbocycles. The molecule has 0 aliphatic carbocycles.